The summed E-state index contributed by atoms with van der Waals surface area (Å²) in [6.07, 6.45) is 0. The summed E-state index contributed by atoms with van der Waals surface area (Å²) in [5.41, 5.74) is 7.56. The molecule has 0 aliphatic rings. The van der Waals surface area contributed by atoms with Gasteiger partial charge in [0.25, 0.3) is 0 Å². The number of pyridine rings is 1. The van der Waals surface area contributed by atoms with Crippen molar-refractivity contribution in [2.75, 3.05) is 0 Å². The molecule has 0 aliphatic carbocycles. The third-order valence-electron chi connectivity index (χ3n) is 4.27. The van der Waals surface area contributed by atoms with Crippen LogP contribution in [-0.2, 0) is 13.1 Å². The van der Waals surface area contributed by atoms with E-state index in [2.05, 4.69) is 70.0 Å². The van der Waals surface area contributed by atoms with Crippen LogP contribution >= 0.6 is 52.1 Å². The van der Waals surface area contributed by atoms with Crippen molar-refractivity contribution in [1.29, 1.82) is 0 Å². The number of aliphatic imine (C=N–C) groups is 2. The second-order valence-electron chi connectivity index (χ2n) is 6.76. The number of rotatable bonds is 4. The molecule has 0 aliphatic heterocycles. The van der Waals surface area contributed by atoms with Crippen LogP contribution in [0.3, 0.4) is 0 Å². The van der Waals surface area contributed by atoms with E-state index in [-0.39, 0.29) is 13.1 Å². The summed E-state index contributed by atoms with van der Waals surface area (Å²) in [4.78, 5) is 14.2. The molecule has 3 rings (SSSR count). The number of hydrogen-bond donors (Lipinski definition) is 0. The van der Waals surface area contributed by atoms with E-state index in [4.69, 9.17) is 35.2 Å². The van der Waals surface area contributed by atoms with Crippen LogP contribution in [0.4, 0.5) is 11.4 Å². The molecule has 1 heterocycles. The molecule has 0 unspecified atom stereocenters. The molecule has 0 atom stereocenters. The predicted molar refractivity (Wildman–Crippen MR) is 137 cm³/mol. The Hall–Kier alpha value is -1.01. The normalized spacial score (nSPS) is 11.9. The fraction of sp³-hybridized carbons (Fsp3) is 0.174. The second-order valence-corrected chi connectivity index (χ2v) is 10.3. The van der Waals surface area contributed by atoms with Crippen molar-refractivity contribution < 1.29 is 13.1 Å². The first kappa shape index (κ1) is 26.2. The number of hydrogen-bond acceptors (Lipinski definition) is 3. The molecule has 0 amide bonds. The van der Waals surface area contributed by atoms with E-state index in [1.165, 1.54) is 11.1 Å². The van der Waals surface area contributed by atoms with Crippen LogP contribution in [0, 0.1) is 13.8 Å². The van der Waals surface area contributed by atoms with Gasteiger partial charge in [-0.25, -0.2) is 4.98 Å². The Labute approximate surface area is 215 Å². The minimum atomic E-state index is 0.194. The van der Waals surface area contributed by atoms with Crippen molar-refractivity contribution in [2.45, 2.75) is 27.7 Å². The first-order chi connectivity index (χ1) is 14.7. The molecule has 0 radical (unpaired) electrons. The fourth-order valence-corrected chi connectivity index (χ4v) is 3.88. The van der Waals surface area contributed by atoms with E-state index in [9.17, 15) is 0 Å². The zero-order valence-corrected chi connectivity index (χ0v) is 23.2. The summed E-state index contributed by atoms with van der Waals surface area (Å²) in [6, 6.07) is 18.2. The molecule has 0 N–H and O–H groups in total. The molecule has 31 heavy (non-hydrogen) atoms. The summed E-state index contributed by atoms with van der Waals surface area (Å²) in [5.74, 6) is 0. The van der Waals surface area contributed by atoms with E-state index in [1.54, 1.807) is 0 Å². The summed E-state index contributed by atoms with van der Waals surface area (Å²) in [5, 5.41) is 0. The first-order valence-electron chi connectivity index (χ1n) is 9.21. The van der Waals surface area contributed by atoms with Crippen LogP contribution < -0.4 is 0 Å². The van der Waals surface area contributed by atoms with Crippen LogP contribution in [0.5, 0.6) is 0 Å². The van der Waals surface area contributed by atoms with Crippen LogP contribution in [0.2, 0.25) is 0 Å². The summed E-state index contributed by atoms with van der Waals surface area (Å²) in [6.45, 7) is 8.07. The van der Waals surface area contributed by atoms with Crippen molar-refractivity contribution >= 4 is 74.9 Å². The average molecular weight is 626 g/mol. The monoisotopic (exact) mass is 623 g/mol. The Morgan fingerprint density at radius 3 is 1.52 bits per heavy atom. The SMILES string of the molecule is CC(=Nc1ccc(C)cc1Br)c1cccc(C(C)=Nc2ccc(C)cc2Br)n1.[Cl][Fe][Cl]. The van der Waals surface area contributed by atoms with Crippen LogP contribution in [0.15, 0.2) is 73.5 Å². The van der Waals surface area contributed by atoms with Gasteiger partial charge in [-0.05, 0) is 107 Å². The standard InChI is InChI=1S/C23H21Br2N3.2ClH.Fe/c1-14-8-10-22(18(24)12-14)26-16(3)20-6-5-7-21(28-20)17(4)27-23-11-9-15(2)13-19(23)25;;;/h5-13H,1-4H3;2*1H;/q;;;+2/p-2. The average Bonchev–Trinajstić information content (AvgIpc) is 2.72. The van der Waals surface area contributed by atoms with Gasteiger partial charge in [-0.15, -0.1) is 0 Å². The summed E-state index contributed by atoms with van der Waals surface area (Å²) in [7, 11) is 9.53. The number of benzene rings is 2. The van der Waals surface area contributed by atoms with Gasteiger partial charge in [0, 0.05) is 8.95 Å². The van der Waals surface area contributed by atoms with E-state index >= 15 is 0 Å². The molecule has 2 aromatic carbocycles. The molecule has 0 saturated carbocycles. The van der Waals surface area contributed by atoms with Gasteiger partial charge in [0.2, 0.25) is 0 Å². The Bertz CT molecular complexity index is 1030. The Morgan fingerprint density at radius 1 is 0.774 bits per heavy atom. The molecule has 0 bridgehead atoms. The second kappa shape index (κ2) is 12.9. The minimum absolute atomic E-state index is 0.194. The van der Waals surface area contributed by atoms with Gasteiger partial charge >= 0.3 is 33.3 Å². The molecule has 0 fully saturated rings. The summed E-state index contributed by atoms with van der Waals surface area (Å²) >= 11 is 7.36. The van der Waals surface area contributed by atoms with Gasteiger partial charge in [-0.1, -0.05) is 18.2 Å². The number of halogens is 4. The van der Waals surface area contributed by atoms with Crippen molar-refractivity contribution in [3.63, 3.8) is 0 Å². The topological polar surface area (TPSA) is 37.6 Å². The van der Waals surface area contributed by atoms with Crippen LogP contribution in [0.1, 0.15) is 36.4 Å². The Morgan fingerprint density at radius 2 is 1.16 bits per heavy atom. The van der Waals surface area contributed by atoms with E-state index in [1.807, 2.05) is 44.2 Å². The van der Waals surface area contributed by atoms with Crippen molar-refractivity contribution in [2.24, 2.45) is 9.98 Å². The molecule has 0 spiro atoms. The third-order valence-corrected chi connectivity index (χ3v) is 5.54. The predicted octanol–water partition coefficient (Wildman–Crippen LogP) is 8.88. The number of nitrogens with zero attached hydrogens (tertiary/aromatic N) is 3. The van der Waals surface area contributed by atoms with Gasteiger partial charge in [-0.3, -0.25) is 9.98 Å². The van der Waals surface area contributed by atoms with Gasteiger partial charge in [0.1, 0.15) is 0 Å². The Balaban J connectivity index is 0.00000107. The van der Waals surface area contributed by atoms with Gasteiger partial charge in [-0.2, -0.15) is 0 Å². The van der Waals surface area contributed by atoms with Crippen molar-refractivity contribution in [1.82, 2.24) is 4.98 Å². The van der Waals surface area contributed by atoms with Gasteiger partial charge < -0.3 is 0 Å². The van der Waals surface area contributed by atoms with Crippen LogP contribution in [0.25, 0.3) is 0 Å². The summed E-state index contributed by atoms with van der Waals surface area (Å²) < 4.78 is 1.95. The van der Waals surface area contributed by atoms with Crippen molar-refractivity contribution in [3.8, 4) is 0 Å². The molecule has 3 nitrogen and oxygen atoms in total. The maximum atomic E-state index is 4.77. The molecule has 1 aromatic heterocycles. The quantitative estimate of drug-likeness (QED) is 0.211. The third kappa shape index (κ3) is 8.12. The molecule has 8 heteroatoms. The first-order valence-corrected chi connectivity index (χ1v) is 13.8. The molecule has 164 valence electrons. The zero-order valence-electron chi connectivity index (χ0n) is 17.4. The van der Waals surface area contributed by atoms with Crippen molar-refractivity contribution in [3.05, 3.63) is 86.1 Å². The van der Waals surface area contributed by atoms with E-state index in [0.717, 1.165) is 43.1 Å². The molecule has 3 aromatic rings. The molecular formula is C23H21Br2Cl2FeN3. The molecule has 0 saturated heterocycles. The zero-order chi connectivity index (χ0) is 23.0. The Kier molecular flexibility index (Phi) is 10.9. The fourth-order valence-electron chi connectivity index (χ4n) is 2.72. The van der Waals surface area contributed by atoms with Gasteiger partial charge in [0.05, 0.1) is 34.2 Å². The molecular weight excluding hydrogens is 605 g/mol. The number of aryl methyl sites for hydroxylation is 2. The van der Waals surface area contributed by atoms with Crippen LogP contribution in [-0.4, -0.2) is 16.4 Å². The maximum absolute atomic E-state index is 4.77. The van der Waals surface area contributed by atoms with Gasteiger partial charge in [0.15, 0.2) is 0 Å². The van der Waals surface area contributed by atoms with E-state index < -0.39 is 0 Å². The number of aromatic nitrogens is 1. The van der Waals surface area contributed by atoms with E-state index in [0.29, 0.717) is 0 Å².